The second-order valence-corrected chi connectivity index (χ2v) is 6.59. The van der Waals surface area contributed by atoms with E-state index >= 15 is 0 Å². The third kappa shape index (κ3) is 4.65. The molecule has 0 amide bonds. The molecule has 1 aliphatic rings. The van der Waals surface area contributed by atoms with Gasteiger partial charge in [0.2, 0.25) is 0 Å². The Bertz CT molecular complexity index is 840. The van der Waals surface area contributed by atoms with Gasteiger partial charge in [0.05, 0.1) is 6.61 Å². The van der Waals surface area contributed by atoms with Crippen molar-refractivity contribution in [2.24, 2.45) is 0 Å². The smallest absolute Gasteiger partial charge is 0.329 e. The predicted molar refractivity (Wildman–Crippen MR) is 81.2 cm³/mol. The predicted octanol–water partition coefficient (Wildman–Crippen LogP) is 1.41. The fourth-order valence-corrected chi connectivity index (χ4v) is 2.38. The number of benzene rings is 2. The zero-order valence-corrected chi connectivity index (χ0v) is 12.8. The molecule has 122 valence electrons. The van der Waals surface area contributed by atoms with Gasteiger partial charge in [-0.1, -0.05) is 12.1 Å². The van der Waals surface area contributed by atoms with Crippen molar-refractivity contribution in [3.05, 3.63) is 36.4 Å². The van der Waals surface area contributed by atoms with Gasteiger partial charge in [0.25, 0.3) is 10.1 Å². The number of hydrogen-bond donors (Lipinski definition) is 1. The quantitative estimate of drug-likeness (QED) is 0.368. The first kappa shape index (κ1) is 15.7. The van der Waals surface area contributed by atoms with Gasteiger partial charge in [-0.3, -0.25) is 9.35 Å². The van der Waals surface area contributed by atoms with Crippen molar-refractivity contribution in [1.29, 1.82) is 0 Å². The summed E-state index contributed by atoms with van der Waals surface area (Å²) in [5.41, 5.74) is 0. The van der Waals surface area contributed by atoms with Crippen LogP contribution in [-0.2, 0) is 19.6 Å². The van der Waals surface area contributed by atoms with Crippen molar-refractivity contribution in [3.63, 3.8) is 0 Å². The van der Waals surface area contributed by atoms with Gasteiger partial charge < -0.3 is 14.2 Å². The third-order valence-electron chi connectivity index (χ3n) is 3.15. The van der Waals surface area contributed by atoms with Crippen LogP contribution in [0, 0.1) is 0 Å². The lowest BCUT2D eigenvalue weighted by Gasteiger charge is -2.07. The summed E-state index contributed by atoms with van der Waals surface area (Å²) < 4.78 is 45.4. The van der Waals surface area contributed by atoms with E-state index in [1.54, 1.807) is 24.3 Å². The van der Waals surface area contributed by atoms with Gasteiger partial charge in [0, 0.05) is 0 Å². The molecule has 2 aromatic rings. The van der Waals surface area contributed by atoms with Crippen LogP contribution in [0.5, 0.6) is 11.5 Å². The highest BCUT2D eigenvalue weighted by molar-refractivity contribution is 7.86. The summed E-state index contributed by atoms with van der Waals surface area (Å²) >= 11 is 0. The fraction of sp³-hybridized carbons (Fsp3) is 0.267. The van der Waals surface area contributed by atoms with Crippen LogP contribution in [0.25, 0.3) is 10.8 Å². The van der Waals surface area contributed by atoms with E-state index in [0.29, 0.717) is 12.4 Å². The Hall–Kier alpha value is -2.16. The Morgan fingerprint density at radius 2 is 1.78 bits per heavy atom. The normalized spacial score (nSPS) is 17.0. The lowest BCUT2D eigenvalue weighted by atomic mass is 10.1. The van der Waals surface area contributed by atoms with Crippen molar-refractivity contribution in [2.75, 3.05) is 19.0 Å². The Kier molecular flexibility index (Phi) is 4.20. The molecule has 1 N–H and O–H groups in total. The number of hydrogen-bond acceptors (Lipinski definition) is 6. The molecule has 1 saturated heterocycles. The maximum Gasteiger partial charge on any atom is 0.329 e. The number of ether oxygens (including phenoxy) is 3. The van der Waals surface area contributed by atoms with Gasteiger partial charge >= 0.3 is 5.97 Å². The zero-order valence-electron chi connectivity index (χ0n) is 12.0. The number of carbonyl (C=O) groups is 1. The Labute approximate surface area is 132 Å². The highest BCUT2D eigenvalue weighted by Gasteiger charge is 2.23. The molecule has 3 rings (SSSR count). The second kappa shape index (κ2) is 6.15. The lowest BCUT2D eigenvalue weighted by molar-refractivity contribution is -0.131. The minimum Gasteiger partial charge on any atom is -0.491 e. The molecule has 1 aliphatic heterocycles. The number of fused-ring (bicyclic) bond motifs is 1. The minimum atomic E-state index is -4.40. The van der Waals surface area contributed by atoms with Crippen LogP contribution >= 0.6 is 0 Å². The maximum atomic E-state index is 11.4. The first-order chi connectivity index (χ1) is 10.9. The number of epoxide rings is 1. The first-order valence-electron chi connectivity index (χ1n) is 6.83. The van der Waals surface area contributed by atoms with E-state index in [0.717, 1.165) is 17.4 Å². The lowest BCUT2D eigenvalue weighted by Crippen LogP contribution is -2.20. The van der Waals surface area contributed by atoms with E-state index in [2.05, 4.69) is 0 Å². The standard InChI is InChI=1S/C15H14O7S/c16-15(9-23(17,18)19)22-13-4-2-10-5-12(3-1-11(10)6-13)20-7-14-8-21-14/h1-6,14H,7-9H2,(H,17,18,19). The van der Waals surface area contributed by atoms with Gasteiger partial charge in [0.15, 0.2) is 5.75 Å². The minimum absolute atomic E-state index is 0.176. The maximum absolute atomic E-state index is 11.4. The molecule has 0 bridgehead atoms. The van der Waals surface area contributed by atoms with E-state index in [-0.39, 0.29) is 11.9 Å². The average molecular weight is 338 g/mol. The summed E-state index contributed by atoms with van der Waals surface area (Å²) in [4.78, 5) is 11.4. The summed E-state index contributed by atoms with van der Waals surface area (Å²) in [5.74, 6) is -1.22. The summed E-state index contributed by atoms with van der Waals surface area (Å²) in [6.45, 7) is 1.24. The molecule has 7 nitrogen and oxygen atoms in total. The topological polar surface area (TPSA) is 102 Å². The molecule has 2 aromatic carbocycles. The fourth-order valence-electron chi connectivity index (χ4n) is 2.02. The van der Waals surface area contributed by atoms with Crippen LogP contribution in [0.4, 0.5) is 0 Å². The molecule has 1 fully saturated rings. The van der Waals surface area contributed by atoms with E-state index in [4.69, 9.17) is 18.8 Å². The average Bonchev–Trinajstić information content (AvgIpc) is 3.27. The molecular weight excluding hydrogens is 324 g/mol. The number of rotatable bonds is 6. The molecule has 1 unspecified atom stereocenters. The van der Waals surface area contributed by atoms with Gasteiger partial charge in [0.1, 0.15) is 24.2 Å². The SMILES string of the molecule is O=C(CS(=O)(=O)O)Oc1ccc2cc(OCC3CO3)ccc2c1. The largest absolute Gasteiger partial charge is 0.491 e. The summed E-state index contributed by atoms with van der Waals surface area (Å²) in [6.07, 6.45) is 0.176. The van der Waals surface area contributed by atoms with Crippen molar-refractivity contribution < 1.29 is 32.0 Å². The molecule has 0 radical (unpaired) electrons. The summed E-state index contributed by atoms with van der Waals surface area (Å²) in [7, 11) is -4.40. The number of carbonyl (C=O) groups excluding carboxylic acids is 1. The van der Waals surface area contributed by atoms with Crippen LogP contribution in [0.1, 0.15) is 0 Å². The van der Waals surface area contributed by atoms with Crippen molar-refractivity contribution in [3.8, 4) is 11.5 Å². The first-order valence-corrected chi connectivity index (χ1v) is 8.44. The van der Waals surface area contributed by atoms with E-state index in [1.807, 2.05) is 6.07 Å². The Balaban J connectivity index is 1.71. The molecule has 0 aromatic heterocycles. The monoisotopic (exact) mass is 338 g/mol. The van der Waals surface area contributed by atoms with E-state index < -0.39 is 21.8 Å². The van der Waals surface area contributed by atoms with Crippen LogP contribution < -0.4 is 9.47 Å². The van der Waals surface area contributed by atoms with E-state index in [1.165, 1.54) is 6.07 Å². The third-order valence-corrected chi connectivity index (χ3v) is 3.75. The highest BCUT2D eigenvalue weighted by atomic mass is 32.2. The van der Waals surface area contributed by atoms with E-state index in [9.17, 15) is 13.2 Å². The van der Waals surface area contributed by atoms with Crippen LogP contribution in [0.2, 0.25) is 0 Å². The Morgan fingerprint density at radius 3 is 2.39 bits per heavy atom. The van der Waals surface area contributed by atoms with Crippen molar-refractivity contribution in [2.45, 2.75) is 6.10 Å². The molecule has 0 saturated carbocycles. The van der Waals surface area contributed by atoms with Gasteiger partial charge in [-0.05, 0) is 35.0 Å². The summed E-state index contributed by atoms with van der Waals surface area (Å²) in [5, 5.41) is 1.69. The van der Waals surface area contributed by atoms with Crippen molar-refractivity contribution >= 4 is 26.9 Å². The molecule has 8 heteroatoms. The molecular formula is C15H14O7S. The van der Waals surface area contributed by atoms with Gasteiger partial charge in [-0.2, -0.15) is 8.42 Å². The van der Waals surface area contributed by atoms with Gasteiger partial charge in [-0.15, -0.1) is 0 Å². The summed E-state index contributed by atoms with van der Waals surface area (Å²) in [6, 6.07) is 10.3. The molecule has 23 heavy (non-hydrogen) atoms. The molecule has 0 aliphatic carbocycles. The van der Waals surface area contributed by atoms with Crippen LogP contribution in [0.3, 0.4) is 0 Å². The molecule has 1 heterocycles. The molecule has 0 spiro atoms. The van der Waals surface area contributed by atoms with Gasteiger partial charge in [-0.25, -0.2) is 0 Å². The number of esters is 1. The highest BCUT2D eigenvalue weighted by Crippen LogP contribution is 2.25. The second-order valence-electron chi connectivity index (χ2n) is 5.14. The Morgan fingerprint density at radius 1 is 1.17 bits per heavy atom. The van der Waals surface area contributed by atoms with Crippen LogP contribution in [0.15, 0.2) is 36.4 Å². The molecule has 1 atom stereocenters. The van der Waals surface area contributed by atoms with Crippen molar-refractivity contribution in [1.82, 2.24) is 0 Å². The van der Waals surface area contributed by atoms with Crippen LogP contribution in [-0.4, -0.2) is 44.0 Å². The zero-order chi connectivity index (χ0) is 16.4.